The van der Waals surface area contributed by atoms with Crippen molar-refractivity contribution in [2.45, 2.75) is 51.5 Å². The lowest BCUT2D eigenvalue weighted by Crippen LogP contribution is -2.59. The van der Waals surface area contributed by atoms with E-state index >= 15 is 0 Å². The molecule has 5 atom stereocenters. The number of esters is 2. The molecule has 2 N–H and O–H groups in total. The van der Waals surface area contributed by atoms with Crippen LogP contribution >= 0.6 is 0 Å². The van der Waals surface area contributed by atoms with Crippen molar-refractivity contribution >= 4 is 11.9 Å². The number of hydrogen-bond donors (Lipinski definition) is 2. The van der Waals surface area contributed by atoms with Crippen LogP contribution in [0.3, 0.4) is 0 Å². The lowest BCUT2D eigenvalue weighted by molar-refractivity contribution is -0.285. The van der Waals surface area contributed by atoms with Crippen LogP contribution in [0, 0.1) is 0 Å². The van der Waals surface area contributed by atoms with Gasteiger partial charge in [0.2, 0.25) is 0 Å². The van der Waals surface area contributed by atoms with E-state index in [0.29, 0.717) is 0 Å². The maximum Gasteiger partial charge on any atom is 0.303 e. The van der Waals surface area contributed by atoms with Crippen molar-refractivity contribution in [1.29, 1.82) is 0 Å². The molecular formula is C10H16O7. The van der Waals surface area contributed by atoms with Gasteiger partial charge in [-0.2, -0.15) is 0 Å². The summed E-state index contributed by atoms with van der Waals surface area (Å²) in [5, 5.41) is 19.4. The first-order valence-electron chi connectivity index (χ1n) is 5.19. The minimum atomic E-state index is -1.45. The zero-order valence-corrected chi connectivity index (χ0v) is 9.82. The molecule has 1 heterocycles. The Labute approximate surface area is 98.3 Å². The maximum absolute atomic E-state index is 10.9. The molecule has 1 aliphatic rings. The first-order valence-corrected chi connectivity index (χ1v) is 5.19. The van der Waals surface area contributed by atoms with Crippen LogP contribution in [0.4, 0.5) is 0 Å². The molecule has 0 aromatic heterocycles. The average molecular weight is 248 g/mol. The van der Waals surface area contributed by atoms with Gasteiger partial charge in [-0.3, -0.25) is 9.59 Å². The molecule has 1 saturated heterocycles. The summed E-state index contributed by atoms with van der Waals surface area (Å²) in [5.41, 5.74) is 0. The summed E-state index contributed by atoms with van der Waals surface area (Å²) in [5.74, 6) is -1.27. The molecule has 0 amide bonds. The van der Waals surface area contributed by atoms with E-state index < -0.39 is 42.6 Å². The summed E-state index contributed by atoms with van der Waals surface area (Å²) >= 11 is 0. The molecular weight excluding hydrogens is 232 g/mol. The molecule has 0 aromatic rings. The van der Waals surface area contributed by atoms with Gasteiger partial charge in [0.1, 0.15) is 6.10 Å². The van der Waals surface area contributed by atoms with Crippen molar-refractivity contribution in [3.05, 3.63) is 0 Å². The van der Waals surface area contributed by atoms with Gasteiger partial charge in [-0.1, -0.05) is 0 Å². The SMILES string of the molecule is CC(=O)O[C@@H]1[C@@H](O)[C@@H](OC(C)=O)C(O)O[C@H]1C. The molecule has 7 nitrogen and oxygen atoms in total. The second-order valence-corrected chi connectivity index (χ2v) is 3.87. The van der Waals surface area contributed by atoms with Crippen LogP contribution < -0.4 is 0 Å². The van der Waals surface area contributed by atoms with Gasteiger partial charge in [-0.05, 0) is 6.92 Å². The lowest BCUT2D eigenvalue weighted by atomic mass is 9.99. The largest absolute Gasteiger partial charge is 0.457 e. The second kappa shape index (κ2) is 5.44. The number of ether oxygens (including phenoxy) is 3. The molecule has 1 rings (SSSR count). The van der Waals surface area contributed by atoms with E-state index in [-0.39, 0.29) is 0 Å². The first kappa shape index (κ1) is 13.9. The Morgan fingerprint density at radius 1 is 1.06 bits per heavy atom. The predicted molar refractivity (Wildman–Crippen MR) is 53.7 cm³/mol. The van der Waals surface area contributed by atoms with Gasteiger partial charge in [-0.15, -0.1) is 0 Å². The van der Waals surface area contributed by atoms with Crippen molar-refractivity contribution in [2.75, 3.05) is 0 Å². The second-order valence-electron chi connectivity index (χ2n) is 3.87. The van der Waals surface area contributed by atoms with Crippen LogP contribution in [0.15, 0.2) is 0 Å². The van der Waals surface area contributed by atoms with E-state index in [1.165, 1.54) is 13.8 Å². The molecule has 0 aliphatic carbocycles. The van der Waals surface area contributed by atoms with Crippen molar-refractivity contribution in [2.24, 2.45) is 0 Å². The predicted octanol–water partition coefficient (Wildman–Crippen LogP) is -1.05. The Morgan fingerprint density at radius 3 is 2.00 bits per heavy atom. The summed E-state index contributed by atoms with van der Waals surface area (Å²) in [6.45, 7) is 3.85. The zero-order chi connectivity index (χ0) is 13.2. The minimum Gasteiger partial charge on any atom is -0.457 e. The van der Waals surface area contributed by atoms with Crippen LogP contribution in [-0.4, -0.2) is 52.9 Å². The quantitative estimate of drug-likeness (QED) is 0.601. The van der Waals surface area contributed by atoms with Gasteiger partial charge in [0.15, 0.2) is 18.5 Å². The molecule has 1 aliphatic heterocycles. The van der Waals surface area contributed by atoms with E-state index in [1.807, 2.05) is 0 Å². The highest BCUT2D eigenvalue weighted by Crippen LogP contribution is 2.24. The van der Waals surface area contributed by atoms with Crippen molar-refractivity contribution in [1.82, 2.24) is 0 Å². The van der Waals surface area contributed by atoms with Crippen LogP contribution in [-0.2, 0) is 23.8 Å². The van der Waals surface area contributed by atoms with Crippen LogP contribution in [0.5, 0.6) is 0 Å². The van der Waals surface area contributed by atoms with E-state index in [4.69, 9.17) is 14.2 Å². The number of aliphatic hydroxyl groups is 2. The lowest BCUT2D eigenvalue weighted by Gasteiger charge is -2.40. The standard InChI is InChI=1S/C10H16O7/c1-4-8(16-5(2)11)7(13)9(10(14)15-4)17-6(3)12/h4,7-10,13-14H,1-3H3/t4-,7+,8-,9+,10?/m0/s1. The fraction of sp³-hybridized carbons (Fsp3) is 0.800. The monoisotopic (exact) mass is 248 g/mol. The van der Waals surface area contributed by atoms with Crippen LogP contribution in [0.1, 0.15) is 20.8 Å². The molecule has 0 aromatic carbocycles. The molecule has 98 valence electrons. The average Bonchev–Trinajstić information content (AvgIpc) is 2.18. The smallest absolute Gasteiger partial charge is 0.303 e. The van der Waals surface area contributed by atoms with E-state index in [9.17, 15) is 19.8 Å². The molecule has 0 bridgehead atoms. The fourth-order valence-electron chi connectivity index (χ4n) is 1.68. The van der Waals surface area contributed by atoms with Gasteiger partial charge in [-0.25, -0.2) is 0 Å². The molecule has 7 heteroatoms. The van der Waals surface area contributed by atoms with Gasteiger partial charge in [0, 0.05) is 13.8 Å². The van der Waals surface area contributed by atoms with Crippen molar-refractivity contribution in [3.63, 3.8) is 0 Å². The molecule has 0 spiro atoms. The number of carbonyl (C=O) groups is 2. The number of aliphatic hydroxyl groups excluding tert-OH is 2. The highest BCUT2D eigenvalue weighted by molar-refractivity contribution is 5.67. The van der Waals surface area contributed by atoms with E-state index in [1.54, 1.807) is 0 Å². The Balaban J connectivity index is 2.78. The van der Waals surface area contributed by atoms with Crippen LogP contribution in [0.2, 0.25) is 0 Å². The summed E-state index contributed by atoms with van der Waals surface area (Å²) in [6.07, 6.45) is -5.73. The third kappa shape index (κ3) is 3.39. The third-order valence-electron chi connectivity index (χ3n) is 2.38. The topological polar surface area (TPSA) is 102 Å². The van der Waals surface area contributed by atoms with Crippen molar-refractivity contribution in [3.8, 4) is 0 Å². The summed E-state index contributed by atoms with van der Waals surface area (Å²) in [6, 6.07) is 0. The Morgan fingerprint density at radius 2 is 1.53 bits per heavy atom. The highest BCUT2D eigenvalue weighted by Gasteiger charge is 2.46. The number of carbonyl (C=O) groups excluding carboxylic acids is 2. The normalized spacial score (nSPS) is 37.4. The Kier molecular flexibility index (Phi) is 4.44. The van der Waals surface area contributed by atoms with Gasteiger partial charge >= 0.3 is 11.9 Å². The molecule has 0 saturated carbocycles. The molecule has 1 unspecified atom stereocenters. The summed E-state index contributed by atoms with van der Waals surface area (Å²) < 4.78 is 14.6. The molecule has 17 heavy (non-hydrogen) atoms. The van der Waals surface area contributed by atoms with Crippen LogP contribution in [0.25, 0.3) is 0 Å². The van der Waals surface area contributed by atoms with Gasteiger partial charge in [0.05, 0.1) is 6.10 Å². The highest BCUT2D eigenvalue weighted by atomic mass is 16.7. The van der Waals surface area contributed by atoms with E-state index in [2.05, 4.69) is 0 Å². The number of rotatable bonds is 2. The van der Waals surface area contributed by atoms with Gasteiger partial charge in [0.25, 0.3) is 0 Å². The zero-order valence-electron chi connectivity index (χ0n) is 9.82. The maximum atomic E-state index is 10.9. The Hall–Kier alpha value is -1.18. The number of hydrogen-bond acceptors (Lipinski definition) is 7. The molecule has 1 fully saturated rings. The Bertz CT molecular complexity index is 275. The third-order valence-corrected chi connectivity index (χ3v) is 2.38. The van der Waals surface area contributed by atoms with E-state index in [0.717, 1.165) is 6.92 Å². The molecule has 0 radical (unpaired) electrons. The fourth-order valence-corrected chi connectivity index (χ4v) is 1.68. The summed E-state index contributed by atoms with van der Waals surface area (Å²) in [4.78, 5) is 21.7. The van der Waals surface area contributed by atoms with Crippen molar-refractivity contribution < 1.29 is 34.0 Å². The minimum absolute atomic E-state index is 0.595. The summed E-state index contributed by atoms with van der Waals surface area (Å²) in [7, 11) is 0. The first-order chi connectivity index (χ1) is 7.82. The van der Waals surface area contributed by atoms with Gasteiger partial charge < -0.3 is 24.4 Å².